The van der Waals surface area contributed by atoms with Gasteiger partial charge in [0.2, 0.25) is 0 Å². The summed E-state index contributed by atoms with van der Waals surface area (Å²) < 4.78 is 1.37. The number of carbonyl (C=O) groups is 1. The van der Waals surface area contributed by atoms with Crippen LogP contribution in [-0.2, 0) is 0 Å². The molecule has 0 N–H and O–H groups in total. The Morgan fingerprint density at radius 1 is 1.67 bits per heavy atom. The van der Waals surface area contributed by atoms with Gasteiger partial charge in [-0.25, -0.2) is 9.50 Å². The summed E-state index contributed by atoms with van der Waals surface area (Å²) >= 11 is 5.61. The summed E-state index contributed by atoms with van der Waals surface area (Å²) in [5, 5.41) is 4.14. The zero-order valence-electron chi connectivity index (χ0n) is 5.86. The van der Waals surface area contributed by atoms with Gasteiger partial charge in [0.05, 0.1) is 18.0 Å². The van der Waals surface area contributed by atoms with Gasteiger partial charge in [0.15, 0.2) is 11.9 Å². The molecule has 5 heteroatoms. The van der Waals surface area contributed by atoms with Gasteiger partial charge in [-0.05, 0) is 0 Å². The van der Waals surface area contributed by atoms with Crippen molar-refractivity contribution in [3.63, 3.8) is 0 Å². The number of aromatic nitrogens is 3. The SMILES string of the molecule is O=Cc1cnn2[c]cc(Cl)nc12. The standard InChI is InChI=1S/C7H3ClN3O/c8-6-1-2-11-7(10-6)5(4-12)3-9-11/h1,3-4H. The van der Waals surface area contributed by atoms with Crippen molar-refractivity contribution in [1.82, 2.24) is 14.6 Å². The summed E-state index contributed by atoms with van der Waals surface area (Å²) in [5.74, 6) is 0. The van der Waals surface area contributed by atoms with E-state index in [0.717, 1.165) is 0 Å². The molecule has 0 atom stereocenters. The van der Waals surface area contributed by atoms with Crippen LogP contribution in [0.3, 0.4) is 0 Å². The number of halogens is 1. The molecule has 0 spiro atoms. The van der Waals surface area contributed by atoms with Crippen molar-refractivity contribution in [1.29, 1.82) is 0 Å². The van der Waals surface area contributed by atoms with Crippen LogP contribution in [0, 0.1) is 6.20 Å². The number of rotatable bonds is 1. The molecule has 0 saturated heterocycles. The topological polar surface area (TPSA) is 47.3 Å². The van der Waals surface area contributed by atoms with Crippen molar-refractivity contribution in [2.24, 2.45) is 0 Å². The zero-order valence-corrected chi connectivity index (χ0v) is 6.62. The third-order valence-corrected chi connectivity index (χ3v) is 1.61. The molecule has 1 radical (unpaired) electrons. The summed E-state index contributed by atoms with van der Waals surface area (Å²) in [7, 11) is 0. The van der Waals surface area contributed by atoms with Crippen molar-refractivity contribution < 1.29 is 4.79 Å². The molecule has 0 bridgehead atoms. The van der Waals surface area contributed by atoms with E-state index in [-0.39, 0.29) is 0 Å². The molecule has 59 valence electrons. The van der Waals surface area contributed by atoms with Crippen LogP contribution in [0.5, 0.6) is 0 Å². The molecule has 2 aromatic rings. The van der Waals surface area contributed by atoms with Crippen molar-refractivity contribution in [3.8, 4) is 0 Å². The monoisotopic (exact) mass is 180 g/mol. The Labute approximate surface area is 72.8 Å². The fourth-order valence-electron chi connectivity index (χ4n) is 0.892. The minimum absolute atomic E-state index is 0.297. The average molecular weight is 181 g/mol. The van der Waals surface area contributed by atoms with E-state index < -0.39 is 0 Å². The predicted molar refractivity (Wildman–Crippen MR) is 42.2 cm³/mol. The van der Waals surface area contributed by atoms with Crippen LogP contribution in [0.25, 0.3) is 5.65 Å². The Kier molecular flexibility index (Phi) is 1.55. The lowest BCUT2D eigenvalue weighted by Gasteiger charge is -1.90. The van der Waals surface area contributed by atoms with Gasteiger partial charge in [-0.2, -0.15) is 5.10 Å². The minimum atomic E-state index is 0.297. The quantitative estimate of drug-likeness (QED) is 0.486. The van der Waals surface area contributed by atoms with Gasteiger partial charge >= 0.3 is 0 Å². The molecule has 0 aliphatic rings. The van der Waals surface area contributed by atoms with Gasteiger partial charge in [0, 0.05) is 6.07 Å². The molecule has 0 amide bonds. The van der Waals surface area contributed by atoms with Crippen LogP contribution in [0.4, 0.5) is 0 Å². The van der Waals surface area contributed by atoms with Gasteiger partial charge in [-0.1, -0.05) is 11.6 Å². The summed E-state index contributed by atoms with van der Waals surface area (Å²) in [6.45, 7) is 0. The molecular weight excluding hydrogens is 178 g/mol. The molecule has 0 aliphatic carbocycles. The van der Waals surface area contributed by atoms with Crippen molar-refractivity contribution >= 4 is 23.5 Å². The molecule has 4 nitrogen and oxygen atoms in total. The highest BCUT2D eigenvalue weighted by atomic mass is 35.5. The van der Waals surface area contributed by atoms with Gasteiger partial charge in [-0.3, -0.25) is 4.79 Å². The summed E-state index contributed by atoms with van der Waals surface area (Å²) in [4.78, 5) is 14.4. The smallest absolute Gasteiger partial charge is 0.167 e. The van der Waals surface area contributed by atoms with Crippen LogP contribution in [0.15, 0.2) is 12.3 Å². The van der Waals surface area contributed by atoms with Crippen LogP contribution in [0.2, 0.25) is 5.15 Å². The van der Waals surface area contributed by atoms with Crippen LogP contribution >= 0.6 is 11.6 Å². The van der Waals surface area contributed by atoms with E-state index in [1.807, 2.05) is 0 Å². The maximum absolute atomic E-state index is 10.4. The highest BCUT2D eigenvalue weighted by molar-refractivity contribution is 6.29. The van der Waals surface area contributed by atoms with Gasteiger partial charge in [0.1, 0.15) is 5.15 Å². The fourth-order valence-corrected chi connectivity index (χ4v) is 1.02. The van der Waals surface area contributed by atoms with E-state index in [2.05, 4.69) is 16.3 Å². The number of hydrogen-bond acceptors (Lipinski definition) is 3. The summed E-state index contributed by atoms with van der Waals surface area (Å²) in [5.41, 5.74) is 0.839. The number of nitrogens with zero attached hydrogens (tertiary/aromatic N) is 3. The molecule has 2 aromatic heterocycles. The number of hydrogen-bond donors (Lipinski definition) is 0. The lowest BCUT2D eigenvalue weighted by molar-refractivity contribution is 0.112. The van der Waals surface area contributed by atoms with Crippen molar-refractivity contribution in [2.45, 2.75) is 0 Å². The second-order valence-electron chi connectivity index (χ2n) is 2.16. The van der Waals surface area contributed by atoms with E-state index in [1.54, 1.807) is 0 Å². The summed E-state index contributed by atoms with van der Waals surface area (Å²) in [6, 6.07) is 1.48. The van der Waals surface area contributed by atoms with E-state index in [0.29, 0.717) is 22.6 Å². The molecule has 0 aliphatic heterocycles. The lowest BCUT2D eigenvalue weighted by Crippen LogP contribution is -1.90. The second kappa shape index (κ2) is 2.57. The molecular formula is C7H3ClN3O. The van der Waals surface area contributed by atoms with E-state index in [1.165, 1.54) is 16.8 Å². The number of fused-ring (bicyclic) bond motifs is 1. The van der Waals surface area contributed by atoms with Crippen LogP contribution in [0.1, 0.15) is 10.4 Å². The maximum Gasteiger partial charge on any atom is 0.167 e. The first-order valence-electron chi connectivity index (χ1n) is 3.18. The Hall–Kier alpha value is -1.42. The molecule has 0 aromatic carbocycles. The molecule has 2 rings (SSSR count). The fraction of sp³-hybridized carbons (Fsp3) is 0. The summed E-state index contributed by atoms with van der Waals surface area (Å²) in [6.07, 6.45) is 4.82. The number of carbonyl (C=O) groups excluding carboxylic acids is 1. The molecule has 12 heavy (non-hydrogen) atoms. The molecule has 0 unspecified atom stereocenters. The maximum atomic E-state index is 10.4. The first-order valence-corrected chi connectivity index (χ1v) is 3.56. The molecule has 0 fully saturated rings. The Morgan fingerprint density at radius 3 is 3.25 bits per heavy atom. The minimum Gasteiger partial charge on any atom is -0.298 e. The average Bonchev–Trinajstić information content (AvgIpc) is 2.46. The van der Waals surface area contributed by atoms with Gasteiger partial charge in [-0.15, -0.1) is 0 Å². The Bertz CT molecular complexity index is 437. The van der Waals surface area contributed by atoms with E-state index in [9.17, 15) is 4.79 Å². The zero-order chi connectivity index (χ0) is 8.55. The van der Waals surface area contributed by atoms with Gasteiger partial charge in [0.25, 0.3) is 0 Å². The second-order valence-corrected chi connectivity index (χ2v) is 2.55. The molecule has 0 saturated carbocycles. The predicted octanol–water partition coefficient (Wildman–Crippen LogP) is 0.995. The molecule has 2 heterocycles. The Balaban J connectivity index is 2.83. The van der Waals surface area contributed by atoms with E-state index >= 15 is 0 Å². The van der Waals surface area contributed by atoms with Crippen molar-refractivity contribution in [3.05, 3.63) is 29.2 Å². The first-order chi connectivity index (χ1) is 5.81. The van der Waals surface area contributed by atoms with E-state index in [4.69, 9.17) is 11.6 Å². The third-order valence-electron chi connectivity index (χ3n) is 1.42. The third kappa shape index (κ3) is 0.967. The Morgan fingerprint density at radius 2 is 2.50 bits per heavy atom. The highest BCUT2D eigenvalue weighted by Crippen LogP contribution is 2.08. The van der Waals surface area contributed by atoms with Gasteiger partial charge < -0.3 is 0 Å². The number of aldehydes is 1. The highest BCUT2D eigenvalue weighted by Gasteiger charge is 2.03. The van der Waals surface area contributed by atoms with Crippen LogP contribution < -0.4 is 0 Å². The van der Waals surface area contributed by atoms with Crippen molar-refractivity contribution in [2.75, 3.05) is 0 Å². The first kappa shape index (κ1) is 7.24. The largest absolute Gasteiger partial charge is 0.298 e. The normalized spacial score (nSPS) is 10.4. The lowest BCUT2D eigenvalue weighted by atomic mass is 10.4. The van der Waals surface area contributed by atoms with Crippen LogP contribution in [-0.4, -0.2) is 20.9 Å².